The van der Waals surface area contributed by atoms with Crippen LogP contribution in [0.2, 0.25) is 0 Å². The Morgan fingerprint density at radius 3 is 2.88 bits per heavy atom. The molecule has 4 heteroatoms. The van der Waals surface area contributed by atoms with E-state index in [1.807, 2.05) is 0 Å². The van der Waals surface area contributed by atoms with Crippen molar-refractivity contribution in [2.75, 3.05) is 26.2 Å². The first kappa shape index (κ1) is 16.6. The summed E-state index contributed by atoms with van der Waals surface area (Å²) in [6.07, 6.45) is 8.74. The third-order valence-electron chi connectivity index (χ3n) is 8.28. The van der Waals surface area contributed by atoms with Crippen LogP contribution in [0.25, 0.3) is 0 Å². The van der Waals surface area contributed by atoms with Gasteiger partial charge in [-0.05, 0) is 68.7 Å². The van der Waals surface area contributed by atoms with Crippen LogP contribution in [0.1, 0.15) is 58.8 Å². The Morgan fingerprint density at radius 2 is 2.12 bits per heavy atom. The van der Waals surface area contributed by atoms with Gasteiger partial charge in [0.05, 0.1) is 18.1 Å². The molecule has 1 spiro atoms. The highest BCUT2D eigenvalue weighted by Crippen LogP contribution is 2.62. The van der Waals surface area contributed by atoms with E-state index in [1.165, 1.54) is 32.1 Å². The van der Waals surface area contributed by atoms with Crippen molar-refractivity contribution in [3.8, 4) is 0 Å². The van der Waals surface area contributed by atoms with Crippen LogP contribution in [0, 0.1) is 29.1 Å². The highest BCUT2D eigenvalue weighted by Gasteiger charge is 2.65. The number of carbonyl (C=O) groups is 1. The molecule has 140 valence electrons. The summed E-state index contributed by atoms with van der Waals surface area (Å²) in [6.45, 7) is 8.94. The van der Waals surface area contributed by atoms with Gasteiger partial charge in [-0.25, -0.2) is 0 Å². The van der Waals surface area contributed by atoms with Gasteiger partial charge in [0.1, 0.15) is 6.10 Å². The van der Waals surface area contributed by atoms with Gasteiger partial charge in [-0.1, -0.05) is 13.8 Å². The molecule has 3 saturated heterocycles. The molecule has 5 fully saturated rings. The van der Waals surface area contributed by atoms with Crippen LogP contribution >= 0.6 is 0 Å². The number of esters is 1. The first-order valence-electron chi connectivity index (χ1n) is 10.6. The SMILES string of the molecule is CC1CCCN(CC2C(=O)OC3CC4(C)CCCC5(CO5)C4CC32)C1. The zero-order valence-electron chi connectivity index (χ0n) is 15.8. The molecular weight excluding hydrogens is 314 g/mol. The molecule has 5 rings (SSSR count). The molecule has 0 aromatic carbocycles. The van der Waals surface area contributed by atoms with Crippen molar-refractivity contribution in [3.63, 3.8) is 0 Å². The van der Waals surface area contributed by atoms with Crippen LogP contribution in [-0.4, -0.2) is 48.8 Å². The van der Waals surface area contributed by atoms with Gasteiger partial charge in [-0.3, -0.25) is 4.79 Å². The first-order valence-corrected chi connectivity index (χ1v) is 10.6. The number of fused-ring (bicyclic) bond motifs is 3. The second-order valence-corrected chi connectivity index (χ2v) is 10.1. The minimum atomic E-state index is 0.0845. The standard InChI is InChI=1S/C21H33NO3/c1-14-5-3-8-22(11-14)12-16-15-9-18-20(2,10-17(15)25-19(16)23)6-4-7-21(18)13-24-21/h14-18H,3-13H2,1-2H3. The average molecular weight is 347 g/mol. The van der Waals surface area contributed by atoms with Crippen LogP contribution in [0.15, 0.2) is 0 Å². The first-order chi connectivity index (χ1) is 12.0. The van der Waals surface area contributed by atoms with Gasteiger partial charge < -0.3 is 14.4 Å². The lowest BCUT2D eigenvalue weighted by Gasteiger charge is -2.51. The normalized spacial score (nSPS) is 52.6. The third kappa shape index (κ3) is 2.66. The number of ether oxygens (including phenoxy) is 2. The van der Waals surface area contributed by atoms with E-state index in [2.05, 4.69) is 18.7 Å². The molecule has 0 aromatic heterocycles. The van der Waals surface area contributed by atoms with E-state index >= 15 is 0 Å². The van der Waals surface area contributed by atoms with Crippen LogP contribution in [-0.2, 0) is 14.3 Å². The summed E-state index contributed by atoms with van der Waals surface area (Å²) in [5.74, 6) is 1.99. The second kappa shape index (κ2) is 5.69. The van der Waals surface area contributed by atoms with Crippen molar-refractivity contribution in [1.29, 1.82) is 0 Å². The Hall–Kier alpha value is -0.610. The Morgan fingerprint density at radius 1 is 1.28 bits per heavy atom. The predicted octanol–water partition coefficient (Wildman–Crippen LogP) is 3.25. The lowest BCUT2D eigenvalue weighted by molar-refractivity contribution is -0.147. The zero-order chi connectivity index (χ0) is 17.2. The molecule has 25 heavy (non-hydrogen) atoms. The molecule has 2 aliphatic carbocycles. The van der Waals surface area contributed by atoms with Gasteiger partial charge >= 0.3 is 5.97 Å². The highest BCUT2D eigenvalue weighted by atomic mass is 16.6. The quantitative estimate of drug-likeness (QED) is 0.568. The number of epoxide rings is 1. The van der Waals surface area contributed by atoms with Gasteiger partial charge in [0, 0.05) is 19.0 Å². The monoisotopic (exact) mass is 347 g/mol. The van der Waals surface area contributed by atoms with E-state index in [0.29, 0.717) is 17.3 Å². The molecule has 0 aromatic rings. The Kier molecular flexibility index (Phi) is 3.77. The number of piperidine rings is 1. The largest absolute Gasteiger partial charge is 0.462 e. The Balaban J connectivity index is 1.34. The predicted molar refractivity (Wildman–Crippen MR) is 95.1 cm³/mol. The summed E-state index contributed by atoms with van der Waals surface area (Å²) in [5, 5.41) is 0. The fraction of sp³-hybridized carbons (Fsp3) is 0.952. The fourth-order valence-corrected chi connectivity index (χ4v) is 6.90. The van der Waals surface area contributed by atoms with E-state index in [0.717, 1.165) is 45.0 Å². The maximum absolute atomic E-state index is 12.7. The van der Waals surface area contributed by atoms with Crippen molar-refractivity contribution in [2.45, 2.75) is 70.5 Å². The summed E-state index contributed by atoms with van der Waals surface area (Å²) in [6, 6.07) is 0. The molecule has 4 nitrogen and oxygen atoms in total. The zero-order valence-corrected chi connectivity index (χ0v) is 15.8. The van der Waals surface area contributed by atoms with E-state index in [9.17, 15) is 4.79 Å². The van der Waals surface area contributed by atoms with Crippen LogP contribution in [0.5, 0.6) is 0 Å². The van der Waals surface area contributed by atoms with Gasteiger partial charge in [0.15, 0.2) is 0 Å². The molecule has 0 bridgehead atoms. The van der Waals surface area contributed by atoms with Crippen molar-refractivity contribution in [1.82, 2.24) is 4.90 Å². The van der Waals surface area contributed by atoms with E-state index < -0.39 is 0 Å². The van der Waals surface area contributed by atoms with Crippen LogP contribution < -0.4 is 0 Å². The van der Waals surface area contributed by atoms with E-state index in [4.69, 9.17) is 9.47 Å². The molecule has 0 N–H and O–H groups in total. The smallest absolute Gasteiger partial charge is 0.310 e. The molecule has 7 unspecified atom stereocenters. The molecular formula is C21H33NO3. The number of rotatable bonds is 2. The minimum Gasteiger partial charge on any atom is -0.462 e. The lowest BCUT2D eigenvalue weighted by Crippen LogP contribution is -2.51. The summed E-state index contributed by atoms with van der Waals surface area (Å²) >= 11 is 0. The van der Waals surface area contributed by atoms with E-state index in [1.54, 1.807) is 0 Å². The molecule has 2 saturated carbocycles. The number of hydrogen-bond donors (Lipinski definition) is 0. The van der Waals surface area contributed by atoms with Crippen molar-refractivity contribution in [2.24, 2.45) is 29.1 Å². The number of nitrogens with zero attached hydrogens (tertiary/aromatic N) is 1. The van der Waals surface area contributed by atoms with Gasteiger partial charge in [-0.15, -0.1) is 0 Å². The Bertz CT molecular complexity index is 559. The number of carbonyl (C=O) groups excluding carboxylic acids is 1. The summed E-state index contributed by atoms with van der Waals surface area (Å²) < 4.78 is 12.0. The summed E-state index contributed by atoms with van der Waals surface area (Å²) in [7, 11) is 0. The maximum Gasteiger partial charge on any atom is 0.310 e. The van der Waals surface area contributed by atoms with Gasteiger partial charge in [0.2, 0.25) is 0 Å². The van der Waals surface area contributed by atoms with Crippen LogP contribution in [0.3, 0.4) is 0 Å². The summed E-state index contributed by atoms with van der Waals surface area (Å²) in [5.41, 5.74) is 0.471. The van der Waals surface area contributed by atoms with Crippen molar-refractivity contribution >= 4 is 5.97 Å². The number of hydrogen-bond acceptors (Lipinski definition) is 4. The fourth-order valence-electron chi connectivity index (χ4n) is 6.90. The van der Waals surface area contributed by atoms with Gasteiger partial charge in [0.25, 0.3) is 0 Å². The average Bonchev–Trinajstić information content (AvgIpc) is 3.26. The molecule has 3 heterocycles. The molecule has 0 radical (unpaired) electrons. The molecule has 5 aliphatic rings. The van der Waals surface area contributed by atoms with Crippen molar-refractivity contribution < 1.29 is 14.3 Å². The maximum atomic E-state index is 12.7. The van der Waals surface area contributed by atoms with Crippen molar-refractivity contribution in [3.05, 3.63) is 0 Å². The lowest BCUT2D eigenvalue weighted by atomic mass is 9.53. The van der Waals surface area contributed by atoms with Gasteiger partial charge in [-0.2, -0.15) is 0 Å². The molecule has 3 aliphatic heterocycles. The van der Waals surface area contributed by atoms with E-state index in [-0.39, 0.29) is 23.6 Å². The summed E-state index contributed by atoms with van der Waals surface area (Å²) in [4.78, 5) is 15.2. The second-order valence-electron chi connectivity index (χ2n) is 10.1. The number of likely N-dealkylation sites (tertiary alicyclic amines) is 1. The molecule has 7 atom stereocenters. The third-order valence-corrected chi connectivity index (χ3v) is 8.28. The minimum absolute atomic E-state index is 0.0845. The molecule has 0 amide bonds. The highest BCUT2D eigenvalue weighted by molar-refractivity contribution is 5.75. The Labute approximate surface area is 151 Å². The van der Waals surface area contributed by atoms with Crippen LogP contribution in [0.4, 0.5) is 0 Å². The topological polar surface area (TPSA) is 42.1 Å².